The van der Waals surface area contributed by atoms with Crippen molar-refractivity contribution in [3.8, 4) is 0 Å². The van der Waals surface area contributed by atoms with Crippen LogP contribution in [-0.2, 0) is 4.74 Å². The SMILES string of the molecule is COCCN1C(=S)N[C@@H](c2ccccn2)[C@@H]1c1ccc(Sc2ccccc2)o1. The first-order chi connectivity index (χ1) is 13.8. The summed E-state index contributed by atoms with van der Waals surface area (Å²) in [5, 5.41) is 4.95. The van der Waals surface area contributed by atoms with Crippen LogP contribution in [0.5, 0.6) is 0 Å². The van der Waals surface area contributed by atoms with Crippen molar-refractivity contribution < 1.29 is 9.15 Å². The van der Waals surface area contributed by atoms with Gasteiger partial charge in [0.25, 0.3) is 0 Å². The molecule has 28 heavy (non-hydrogen) atoms. The molecule has 0 spiro atoms. The summed E-state index contributed by atoms with van der Waals surface area (Å²) in [5.41, 5.74) is 0.934. The summed E-state index contributed by atoms with van der Waals surface area (Å²) in [6, 6.07) is 20.0. The number of methoxy groups -OCH3 is 1. The van der Waals surface area contributed by atoms with Crippen LogP contribution < -0.4 is 5.32 Å². The summed E-state index contributed by atoms with van der Waals surface area (Å²) in [7, 11) is 1.69. The van der Waals surface area contributed by atoms with Gasteiger partial charge in [0.05, 0.1) is 18.3 Å². The average Bonchev–Trinajstić information content (AvgIpc) is 3.31. The van der Waals surface area contributed by atoms with E-state index in [1.54, 1.807) is 25.1 Å². The van der Waals surface area contributed by atoms with E-state index in [9.17, 15) is 0 Å². The topological polar surface area (TPSA) is 50.5 Å². The molecule has 1 N–H and O–H groups in total. The van der Waals surface area contributed by atoms with Gasteiger partial charge in [-0.15, -0.1) is 0 Å². The summed E-state index contributed by atoms with van der Waals surface area (Å²) >= 11 is 7.21. The van der Waals surface area contributed by atoms with Crippen LogP contribution in [0.2, 0.25) is 0 Å². The molecule has 1 saturated heterocycles. The van der Waals surface area contributed by atoms with Crippen molar-refractivity contribution in [2.45, 2.75) is 22.1 Å². The van der Waals surface area contributed by atoms with Crippen LogP contribution in [0.15, 0.2) is 81.3 Å². The number of hydrogen-bond donors (Lipinski definition) is 1. The number of nitrogens with zero attached hydrogens (tertiary/aromatic N) is 2. The van der Waals surface area contributed by atoms with Crippen molar-refractivity contribution in [2.24, 2.45) is 0 Å². The molecule has 3 heterocycles. The van der Waals surface area contributed by atoms with Gasteiger partial charge in [0.2, 0.25) is 0 Å². The van der Waals surface area contributed by atoms with Crippen LogP contribution in [0.25, 0.3) is 0 Å². The molecule has 1 aliphatic heterocycles. The van der Waals surface area contributed by atoms with Gasteiger partial charge >= 0.3 is 0 Å². The quantitative estimate of drug-likeness (QED) is 0.577. The van der Waals surface area contributed by atoms with E-state index >= 15 is 0 Å². The monoisotopic (exact) mass is 411 g/mol. The van der Waals surface area contributed by atoms with Gasteiger partial charge in [-0.1, -0.05) is 36.0 Å². The van der Waals surface area contributed by atoms with E-state index in [0.29, 0.717) is 18.3 Å². The Morgan fingerprint density at radius 3 is 2.71 bits per heavy atom. The van der Waals surface area contributed by atoms with Crippen LogP contribution in [0.1, 0.15) is 23.5 Å². The molecule has 5 nitrogen and oxygen atoms in total. The van der Waals surface area contributed by atoms with Gasteiger partial charge in [-0.25, -0.2) is 0 Å². The van der Waals surface area contributed by atoms with Crippen LogP contribution in [-0.4, -0.2) is 35.3 Å². The highest BCUT2D eigenvalue weighted by Crippen LogP contribution is 2.40. The first-order valence-corrected chi connectivity index (χ1v) is 10.3. The Morgan fingerprint density at radius 2 is 1.96 bits per heavy atom. The zero-order valence-corrected chi connectivity index (χ0v) is 17.1. The fourth-order valence-electron chi connectivity index (χ4n) is 3.30. The summed E-state index contributed by atoms with van der Waals surface area (Å²) in [5.74, 6) is 0.859. The summed E-state index contributed by atoms with van der Waals surface area (Å²) in [4.78, 5) is 7.79. The number of benzene rings is 1. The molecule has 144 valence electrons. The zero-order chi connectivity index (χ0) is 19.3. The zero-order valence-electron chi connectivity index (χ0n) is 15.4. The molecule has 0 unspecified atom stereocenters. The Balaban J connectivity index is 1.63. The minimum atomic E-state index is -0.0809. The predicted octanol–water partition coefficient (Wildman–Crippen LogP) is 4.44. The number of nitrogens with one attached hydrogen (secondary N) is 1. The number of aromatic nitrogens is 1. The van der Waals surface area contributed by atoms with E-state index in [1.165, 1.54) is 0 Å². The van der Waals surface area contributed by atoms with Crippen molar-refractivity contribution >= 4 is 29.1 Å². The van der Waals surface area contributed by atoms with Gasteiger partial charge in [0, 0.05) is 24.7 Å². The van der Waals surface area contributed by atoms with Gasteiger partial charge < -0.3 is 19.4 Å². The molecule has 1 aromatic carbocycles. The van der Waals surface area contributed by atoms with E-state index in [1.807, 2.05) is 48.5 Å². The molecule has 0 saturated carbocycles. The first-order valence-electron chi connectivity index (χ1n) is 9.06. The Morgan fingerprint density at radius 1 is 1.14 bits per heavy atom. The van der Waals surface area contributed by atoms with Gasteiger partial charge in [-0.3, -0.25) is 4.98 Å². The lowest BCUT2D eigenvalue weighted by Gasteiger charge is -2.25. The maximum Gasteiger partial charge on any atom is 0.170 e. The van der Waals surface area contributed by atoms with Crippen molar-refractivity contribution in [2.75, 3.05) is 20.3 Å². The molecule has 0 bridgehead atoms. The second-order valence-corrected chi connectivity index (χ2v) is 7.85. The Labute approximate surface area is 174 Å². The van der Waals surface area contributed by atoms with Crippen LogP contribution in [0.3, 0.4) is 0 Å². The Hall–Kier alpha value is -2.35. The largest absolute Gasteiger partial charge is 0.452 e. The van der Waals surface area contributed by atoms with Crippen LogP contribution in [0.4, 0.5) is 0 Å². The minimum Gasteiger partial charge on any atom is -0.452 e. The number of pyridine rings is 1. The molecule has 4 rings (SSSR count). The van der Waals surface area contributed by atoms with E-state index in [0.717, 1.165) is 21.4 Å². The number of hydrogen-bond acceptors (Lipinski definition) is 5. The van der Waals surface area contributed by atoms with Crippen molar-refractivity contribution in [3.63, 3.8) is 0 Å². The molecule has 2 aromatic heterocycles. The summed E-state index contributed by atoms with van der Waals surface area (Å²) in [6.07, 6.45) is 1.80. The lowest BCUT2D eigenvalue weighted by Crippen LogP contribution is -2.32. The molecule has 0 aliphatic carbocycles. The maximum absolute atomic E-state index is 6.23. The molecule has 0 radical (unpaired) electrons. The van der Waals surface area contributed by atoms with Gasteiger partial charge in [-0.05, 0) is 48.6 Å². The van der Waals surface area contributed by atoms with E-state index in [2.05, 4.69) is 27.3 Å². The van der Waals surface area contributed by atoms with E-state index in [4.69, 9.17) is 21.4 Å². The fourth-order valence-corrected chi connectivity index (χ4v) is 4.43. The van der Waals surface area contributed by atoms with Gasteiger partial charge in [-0.2, -0.15) is 0 Å². The standard InChI is InChI=1S/C21H21N3O2S2/c1-25-14-13-24-20(19(23-21(24)27)16-9-5-6-12-22-16)17-10-11-18(26-17)28-15-7-3-2-4-8-15/h2-12,19-20H,13-14H2,1H3,(H,23,27)/t19-,20-/m0/s1. The molecule has 7 heteroatoms. The number of thiocarbonyl (C=S) groups is 1. The van der Waals surface area contributed by atoms with Crippen molar-refractivity contribution in [1.29, 1.82) is 0 Å². The molecule has 0 amide bonds. The van der Waals surface area contributed by atoms with Gasteiger partial charge in [0.1, 0.15) is 11.8 Å². The normalized spacial score (nSPS) is 19.0. The molecule has 2 atom stereocenters. The molecule has 1 fully saturated rings. The van der Waals surface area contributed by atoms with Crippen molar-refractivity contribution in [1.82, 2.24) is 15.2 Å². The number of furan rings is 1. The fraction of sp³-hybridized carbons (Fsp3) is 0.238. The second kappa shape index (κ2) is 8.77. The van der Waals surface area contributed by atoms with Crippen LogP contribution >= 0.6 is 24.0 Å². The summed E-state index contributed by atoms with van der Waals surface area (Å²) < 4.78 is 11.5. The Kier molecular flexibility index (Phi) is 5.95. The third-order valence-electron chi connectivity index (χ3n) is 4.59. The van der Waals surface area contributed by atoms with Gasteiger partial charge in [0.15, 0.2) is 10.2 Å². The second-order valence-electron chi connectivity index (χ2n) is 6.38. The Bertz CT molecular complexity index is 918. The molecule has 1 aliphatic rings. The number of ether oxygens (including phenoxy) is 1. The lowest BCUT2D eigenvalue weighted by molar-refractivity contribution is 0.156. The predicted molar refractivity (Wildman–Crippen MR) is 113 cm³/mol. The highest BCUT2D eigenvalue weighted by atomic mass is 32.2. The highest BCUT2D eigenvalue weighted by molar-refractivity contribution is 7.99. The average molecular weight is 412 g/mol. The molecular weight excluding hydrogens is 390 g/mol. The van der Waals surface area contributed by atoms with Crippen LogP contribution in [0, 0.1) is 0 Å². The lowest BCUT2D eigenvalue weighted by atomic mass is 10.0. The third-order valence-corrected chi connectivity index (χ3v) is 5.87. The van der Waals surface area contributed by atoms with E-state index in [-0.39, 0.29) is 12.1 Å². The maximum atomic E-state index is 6.23. The van der Waals surface area contributed by atoms with E-state index < -0.39 is 0 Å². The molecular formula is C21H21N3O2S2. The van der Waals surface area contributed by atoms with Crippen molar-refractivity contribution in [3.05, 3.63) is 78.3 Å². The summed E-state index contributed by atoms with van der Waals surface area (Å²) in [6.45, 7) is 1.26. The minimum absolute atomic E-state index is 0.0775. The first kappa shape index (κ1) is 19.0. The third kappa shape index (κ3) is 4.06. The number of rotatable bonds is 7. The highest BCUT2D eigenvalue weighted by Gasteiger charge is 2.41. The smallest absolute Gasteiger partial charge is 0.170 e. The molecule has 3 aromatic rings.